The molecule has 9 heavy (non-hydrogen) atoms. The summed E-state index contributed by atoms with van der Waals surface area (Å²) in [5.74, 6) is -0.0216. The maximum atomic E-state index is 10.7. The van der Waals surface area contributed by atoms with E-state index in [1.165, 1.54) is 0 Å². The van der Waals surface area contributed by atoms with Crippen LogP contribution >= 0.6 is 11.6 Å². The zero-order valence-electron chi connectivity index (χ0n) is 5.65. The van der Waals surface area contributed by atoms with Gasteiger partial charge in [0.25, 0.3) is 0 Å². The molecule has 0 radical (unpaired) electrons. The molecule has 46 valence electrons. The van der Waals surface area contributed by atoms with Gasteiger partial charge in [0.1, 0.15) is 0 Å². The molecule has 0 saturated carbocycles. The van der Waals surface area contributed by atoms with Gasteiger partial charge in [-0.3, -0.25) is 0 Å². The number of rotatable bonds is 0. The molecule has 4 heteroatoms. The van der Waals surface area contributed by atoms with Crippen LogP contribution in [-0.4, -0.2) is 18.5 Å². The number of nitrogens with zero attached hydrogens (tertiary/aromatic N) is 1. The van der Waals surface area contributed by atoms with Crippen molar-refractivity contribution in [2.24, 2.45) is 0 Å². The Morgan fingerprint density at radius 3 is 2.33 bits per heavy atom. The van der Waals surface area contributed by atoms with Crippen molar-refractivity contribution in [1.82, 2.24) is 4.90 Å². The Morgan fingerprint density at radius 1 is 1.67 bits per heavy atom. The van der Waals surface area contributed by atoms with E-state index in [0.717, 1.165) is 13.0 Å². The van der Waals surface area contributed by atoms with E-state index in [0.29, 0.717) is 5.03 Å². The van der Waals surface area contributed by atoms with Crippen molar-refractivity contribution in [3.05, 3.63) is 10.9 Å². The molecule has 2 nitrogen and oxygen atoms in total. The molecule has 0 atom stereocenters. The summed E-state index contributed by atoms with van der Waals surface area (Å²) in [4.78, 5) is 1.61. The molecule has 0 aromatic rings. The first-order valence-electron chi connectivity index (χ1n) is 2.48. The topological polar surface area (TPSA) is 26.3 Å². The van der Waals surface area contributed by atoms with Crippen LogP contribution < -0.4 is 24.0 Å². The van der Waals surface area contributed by atoms with Gasteiger partial charge in [-0.25, -0.2) is 0 Å². The van der Waals surface area contributed by atoms with Crippen LogP contribution in [-0.2, 0) is 0 Å². The minimum absolute atomic E-state index is 0. The Bertz CT molecular complexity index is 137. The Labute approximate surface area is 71.7 Å². The largest absolute Gasteiger partial charge is 1.00 e. The molecule has 0 spiro atoms. The van der Waals surface area contributed by atoms with Crippen molar-refractivity contribution in [3.63, 3.8) is 0 Å². The van der Waals surface area contributed by atoms with E-state index in [4.69, 9.17) is 11.6 Å². The van der Waals surface area contributed by atoms with Gasteiger partial charge in [-0.05, 0) is 5.88 Å². The fraction of sp³-hybridized carbons (Fsp3) is 0.600. The predicted octanol–water partition coefficient (Wildman–Crippen LogP) is -2.91. The van der Waals surface area contributed by atoms with Gasteiger partial charge < -0.3 is 10.0 Å². The van der Waals surface area contributed by atoms with Gasteiger partial charge in [-0.2, -0.15) is 0 Å². The minimum atomic E-state index is -0.0216. The van der Waals surface area contributed by atoms with Gasteiger partial charge in [-0.15, -0.1) is 0 Å². The molecule has 0 saturated heterocycles. The van der Waals surface area contributed by atoms with Crippen molar-refractivity contribution >= 4 is 11.6 Å². The SMILES string of the molecule is CN1CCC(Cl)=C1[O-].[Li+]. The zero-order chi connectivity index (χ0) is 6.15. The van der Waals surface area contributed by atoms with Crippen molar-refractivity contribution in [2.75, 3.05) is 13.6 Å². The van der Waals surface area contributed by atoms with Gasteiger partial charge in [0.2, 0.25) is 0 Å². The molecule has 0 amide bonds. The van der Waals surface area contributed by atoms with Gasteiger partial charge in [-0.1, -0.05) is 11.6 Å². The summed E-state index contributed by atoms with van der Waals surface area (Å²) in [6.45, 7) is 0.775. The zero-order valence-corrected chi connectivity index (χ0v) is 6.40. The third kappa shape index (κ3) is 1.82. The molecule has 0 fully saturated rings. The third-order valence-electron chi connectivity index (χ3n) is 1.25. The molecule has 1 aliphatic heterocycles. The standard InChI is InChI=1S/C5H8ClNO.Li/c1-7-3-2-4(6)5(7)8;/h8H,2-3H2,1H3;/q;+1/p-1. The van der Waals surface area contributed by atoms with Crippen LogP contribution in [0, 0.1) is 0 Å². The van der Waals surface area contributed by atoms with E-state index < -0.39 is 0 Å². The summed E-state index contributed by atoms with van der Waals surface area (Å²) >= 11 is 5.48. The Morgan fingerprint density at radius 2 is 2.22 bits per heavy atom. The molecule has 1 rings (SSSR count). The van der Waals surface area contributed by atoms with Gasteiger partial charge in [0.15, 0.2) is 0 Å². The maximum absolute atomic E-state index is 10.7. The van der Waals surface area contributed by atoms with Crippen LogP contribution in [0.5, 0.6) is 0 Å². The Balaban J connectivity index is 0.000000640. The average Bonchev–Trinajstić information content (AvgIpc) is 1.98. The smallest absolute Gasteiger partial charge is 0.860 e. The van der Waals surface area contributed by atoms with E-state index in [2.05, 4.69) is 0 Å². The average molecular weight is 140 g/mol. The summed E-state index contributed by atoms with van der Waals surface area (Å²) in [6, 6.07) is 0. The second-order valence-corrected chi connectivity index (χ2v) is 2.34. The quantitative estimate of drug-likeness (QED) is 0.337. The fourth-order valence-corrected chi connectivity index (χ4v) is 0.910. The summed E-state index contributed by atoms with van der Waals surface area (Å²) in [6.07, 6.45) is 0.719. The maximum Gasteiger partial charge on any atom is 1.00 e. The fourth-order valence-electron chi connectivity index (χ4n) is 0.681. The summed E-state index contributed by atoms with van der Waals surface area (Å²) in [7, 11) is 1.75. The monoisotopic (exact) mass is 139 g/mol. The molecule has 0 unspecified atom stereocenters. The van der Waals surface area contributed by atoms with Gasteiger partial charge in [0.05, 0.1) is 0 Å². The molecule has 0 N–H and O–H groups in total. The number of hydrogen-bond donors (Lipinski definition) is 0. The second-order valence-electron chi connectivity index (χ2n) is 1.88. The summed E-state index contributed by atoms with van der Waals surface area (Å²) in [5.41, 5.74) is 0. The second kappa shape index (κ2) is 3.41. The van der Waals surface area contributed by atoms with Crippen LogP contribution in [0.2, 0.25) is 0 Å². The van der Waals surface area contributed by atoms with Crippen molar-refractivity contribution in [3.8, 4) is 0 Å². The van der Waals surface area contributed by atoms with E-state index in [1.54, 1.807) is 11.9 Å². The molecule has 0 bridgehead atoms. The molecule has 0 aromatic carbocycles. The first-order valence-corrected chi connectivity index (χ1v) is 2.86. The van der Waals surface area contributed by atoms with Gasteiger partial charge >= 0.3 is 18.9 Å². The van der Waals surface area contributed by atoms with E-state index in [9.17, 15) is 5.11 Å². The van der Waals surface area contributed by atoms with Crippen LogP contribution in [0.1, 0.15) is 6.42 Å². The molecule has 0 aliphatic carbocycles. The van der Waals surface area contributed by atoms with E-state index >= 15 is 0 Å². The summed E-state index contributed by atoms with van der Waals surface area (Å²) < 4.78 is 0. The van der Waals surface area contributed by atoms with Gasteiger partial charge in [0, 0.05) is 25.0 Å². The Hall–Kier alpha value is 0.227. The molecular formula is C5H7ClLiNO. The first-order chi connectivity index (χ1) is 3.72. The van der Waals surface area contributed by atoms with E-state index in [-0.39, 0.29) is 24.7 Å². The van der Waals surface area contributed by atoms with Crippen LogP contribution in [0.25, 0.3) is 0 Å². The minimum Gasteiger partial charge on any atom is -0.860 e. The predicted molar refractivity (Wildman–Crippen MR) is 30.1 cm³/mol. The molecule has 1 aliphatic rings. The van der Waals surface area contributed by atoms with E-state index in [1.807, 2.05) is 0 Å². The van der Waals surface area contributed by atoms with Crippen LogP contribution in [0.4, 0.5) is 0 Å². The third-order valence-corrected chi connectivity index (χ3v) is 1.60. The normalized spacial score (nSPS) is 18.2. The number of hydrogen-bond acceptors (Lipinski definition) is 2. The van der Waals surface area contributed by atoms with Crippen LogP contribution in [0.3, 0.4) is 0 Å². The van der Waals surface area contributed by atoms with Crippen molar-refractivity contribution in [1.29, 1.82) is 0 Å². The Kier molecular flexibility index (Phi) is 3.50. The molecule has 0 aromatic heterocycles. The molecular weight excluding hydrogens is 132 g/mol. The summed E-state index contributed by atoms with van der Waals surface area (Å²) in [5, 5.41) is 11.1. The van der Waals surface area contributed by atoms with Crippen LogP contribution in [0.15, 0.2) is 10.9 Å². The van der Waals surface area contributed by atoms with Crippen molar-refractivity contribution in [2.45, 2.75) is 6.42 Å². The molecule has 1 heterocycles. The first kappa shape index (κ1) is 9.23. The number of halogens is 1. The van der Waals surface area contributed by atoms with Crippen molar-refractivity contribution < 1.29 is 24.0 Å².